The van der Waals surface area contributed by atoms with Crippen molar-refractivity contribution in [2.45, 2.75) is 20.0 Å². The number of benzene rings is 1. The Hall–Kier alpha value is -3.36. The van der Waals surface area contributed by atoms with Crippen molar-refractivity contribution >= 4 is 23.9 Å². The molecular weight excluding hydrogens is 367 g/mol. The van der Waals surface area contributed by atoms with Crippen molar-refractivity contribution in [1.29, 1.82) is 0 Å². The van der Waals surface area contributed by atoms with E-state index < -0.39 is 18.0 Å². The lowest BCUT2D eigenvalue weighted by Crippen LogP contribution is -2.33. The molecule has 1 saturated heterocycles. The fourth-order valence-corrected chi connectivity index (χ4v) is 2.78. The molecule has 0 radical (unpaired) electrons. The predicted octanol–water partition coefficient (Wildman–Crippen LogP) is 2.45. The molecule has 28 heavy (non-hydrogen) atoms. The maximum atomic E-state index is 14.7. The molecule has 1 aromatic carbocycles. The fourth-order valence-electron chi connectivity index (χ4n) is 2.78. The summed E-state index contributed by atoms with van der Waals surface area (Å²) in [5, 5.41) is 6.38. The number of hydrogen-bond donors (Lipinski definition) is 1. The molecule has 2 aromatic rings. The molecule has 0 saturated carbocycles. The maximum absolute atomic E-state index is 14.7. The predicted molar refractivity (Wildman–Crippen MR) is 101 cm³/mol. The topological polar surface area (TPSA) is 85.2 Å². The highest BCUT2D eigenvalue weighted by molar-refractivity contribution is 5.90. The van der Waals surface area contributed by atoms with E-state index in [-0.39, 0.29) is 19.0 Å². The molecule has 1 aliphatic heterocycles. The molecule has 2 heterocycles. The first-order valence-corrected chi connectivity index (χ1v) is 8.83. The Morgan fingerprint density at radius 2 is 2.29 bits per heavy atom. The van der Waals surface area contributed by atoms with Gasteiger partial charge in [-0.2, -0.15) is 0 Å². The molecule has 1 aromatic heterocycles. The van der Waals surface area contributed by atoms with E-state index >= 15 is 0 Å². The molecular formula is C19H21FN4O4. The van der Waals surface area contributed by atoms with Gasteiger partial charge in [0.2, 0.25) is 5.91 Å². The van der Waals surface area contributed by atoms with E-state index in [4.69, 9.17) is 9.57 Å². The van der Waals surface area contributed by atoms with Gasteiger partial charge in [0.25, 0.3) is 0 Å². The second kappa shape index (κ2) is 8.55. The highest BCUT2D eigenvalue weighted by Crippen LogP contribution is 2.25. The normalized spacial score (nSPS) is 16.5. The van der Waals surface area contributed by atoms with Crippen molar-refractivity contribution in [3.05, 3.63) is 48.0 Å². The van der Waals surface area contributed by atoms with Gasteiger partial charge in [0.05, 0.1) is 30.7 Å². The van der Waals surface area contributed by atoms with Gasteiger partial charge in [-0.05, 0) is 31.2 Å². The van der Waals surface area contributed by atoms with Gasteiger partial charge in [-0.1, -0.05) is 5.16 Å². The maximum Gasteiger partial charge on any atom is 0.414 e. The van der Waals surface area contributed by atoms with Crippen LogP contribution in [0.25, 0.3) is 5.69 Å². The molecule has 0 unspecified atom stereocenters. The number of carbonyl (C=O) groups excluding carboxylic acids is 2. The smallest absolute Gasteiger partial charge is 0.414 e. The Kier molecular flexibility index (Phi) is 5.93. The quantitative estimate of drug-likeness (QED) is 0.583. The van der Waals surface area contributed by atoms with Gasteiger partial charge in [0, 0.05) is 24.9 Å². The van der Waals surface area contributed by atoms with Gasteiger partial charge in [0.1, 0.15) is 18.5 Å². The molecule has 0 spiro atoms. The number of cyclic esters (lactones) is 1. The van der Waals surface area contributed by atoms with Crippen LogP contribution in [-0.4, -0.2) is 48.6 Å². The lowest BCUT2D eigenvalue weighted by Gasteiger charge is -2.14. The van der Waals surface area contributed by atoms with Crippen LogP contribution < -0.4 is 10.2 Å². The zero-order chi connectivity index (χ0) is 20.1. The van der Waals surface area contributed by atoms with Crippen molar-refractivity contribution in [3.63, 3.8) is 0 Å². The fraction of sp³-hybridized carbons (Fsp3) is 0.316. The molecule has 1 aliphatic rings. The first kappa shape index (κ1) is 19.4. The second-order valence-electron chi connectivity index (χ2n) is 6.19. The van der Waals surface area contributed by atoms with Crippen molar-refractivity contribution in [3.8, 4) is 5.69 Å². The standard InChI is InChI=1S/C19H21FN4O4/c1-3-27-22-9-14-6-7-23(11-14)18-5-4-15(8-17(18)20)24-12-16(28-19(24)26)10-21-13(2)25/h4-9,11,16H,3,10,12H2,1-2H3,(H,21,25)/t16-/m0/s1. The first-order valence-electron chi connectivity index (χ1n) is 8.83. The third-order valence-electron chi connectivity index (χ3n) is 4.10. The van der Waals surface area contributed by atoms with Crippen LogP contribution in [0.4, 0.5) is 14.9 Å². The zero-order valence-corrected chi connectivity index (χ0v) is 15.6. The number of carbonyl (C=O) groups is 2. The van der Waals surface area contributed by atoms with Gasteiger partial charge in [0.15, 0.2) is 0 Å². The van der Waals surface area contributed by atoms with Crippen LogP contribution in [0, 0.1) is 5.82 Å². The second-order valence-corrected chi connectivity index (χ2v) is 6.19. The number of rotatable bonds is 7. The van der Waals surface area contributed by atoms with E-state index in [0.29, 0.717) is 18.0 Å². The lowest BCUT2D eigenvalue weighted by atomic mass is 10.2. The van der Waals surface area contributed by atoms with Crippen molar-refractivity contribution in [2.75, 3.05) is 24.6 Å². The molecule has 1 N–H and O–H groups in total. The van der Waals surface area contributed by atoms with Gasteiger partial charge in [-0.15, -0.1) is 0 Å². The van der Waals surface area contributed by atoms with Gasteiger partial charge in [-0.25, -0.2) is 9.18 Å². The van der Waals surface area contributed by atoms with Crippen molar-refractivity contribution in [2.24, 2.45) is 5.16 Å². The SMILES string of the molecule is CCON=Cc1ccn(-c2ccc(N3C[C@H](CNC(C)=O)OC3=O)cc2F)c1. The van der Waals surface area contributed by atoms with E-state index in [0.717, 1.165) is 5.56 Å². The highest BCUT2D eigenvalue weighted by atomic mass is 19.1. The molecule has 3 rings (SSSR count). The molecule has 1 atom stereocenters. The summed E-state index contributed by atoms with van der Waals surface area (Å²) in [6, 6.07) is 6.29. The first-order chi connectivity index (χ1) is 13.5. The number of oxime groups is 1. The largest absolute Gasteiger partial charge is 0.442 e. The van der Waals surface area contributed by atoms with Gasteiger partial charge < -0.3 is 19.5 Å². The molecule has 148 valence electrons. The Morgan fingerprint density at radius 1 is 1.46 bits per heavy atom. The summed E-state index contributed by atoms with van der Waals surface area (Å²) >= 11 is 0. The Bertz CT molecular complexity index is 896. The minimum Gasteiger partial charge on any atom is -0.442 e. The van der Waals surface area contributed by atoms with Crippen LogP contribution in [-0.2, 0) is 14.4 Å². The summed E-state index contributed by atoms with van der Waals surface area (Å²) in [5.41, 5.74) is 1.49. The minimum absolute atomic E-state index is 0.206. The monoisotopic (exact) mass is 388 g/mol. The van der Waals surface area contributed by atoms with Crippen LogP contribution in [0.3, 0.4) is 0 Å². The number of aromatic nitrogens is 1. The summed E-state index contributed by atoms with van der Waals surface area (Å²) in [6.07, 6.45) is 3.92. The molecule has 0 bridgehead atoms. The minimum atomic E-state index is -0.571. The van der Waals surface area contributed by atoms with E-state index in [9.17, 15) is 14.0 Å². The number of nitrogens with one attached hydrogen (secondary N) is 1. The van der Waals surface area contributed by atoms with Crippen LogP contribution >= 0.6 is 0 Å². The molecule has 8 nitrogen and oxygen atoms in total. The summed E-state index contributed by atoms with van der Waals surface area (Å²) in [6.45, 7) is 4.14. The number of ether oxygens (including phenoxy) is 1. The Balaban J connectivity index is 1.72. The van der Waals surface area contributed by atoms with E-state index in [1.165, 1.54) is 17.9 Å². The van der Waals surface area contributed by atoms with Crippen LogP contribution in [0.5, 0.6) is 0 Å². The average Bonchev–Trinajstić information content (AvgIpc) is 3.27. The third-order valence-corrected chi connectivity index (χ3v) is 4.10. The lowest BCUT2D eigenvalue weighted by molar-refractivity contribution is -0.119. The summed E-state index contributed by atoms with van der Waals surface area (Å²) in [7, 11) is 0. The number of amides is 2. The zero-order valence-electron chi connectivity index (χ0n) is 15.6. The van der Waals surface area contributed by atoms with Gasteiger partial charge in [-0.3, -0.25) is 9.69 Å². The highest BCUT2D eigenvalue weighted by Gasteiger charge is 2.32. The Morgan fingerprint density at radius 3 is 3.00 bits per heavy atom. The number of nitrogens with zero attached hydrogens (tertiary/aromatic N) is 3. The van der Waals surface area contributed by atoms with Crippen LogP contribution in [0.1, 0.15) is 19.4 Å². The number of hydrogen-bond acceptors (Lipinski definition) is 5. The third kappa shape index (κ3) is 4.48. The van der Waals surface area contributed by atoms with E-state index in [1.807, 2.05) is 6.92 Å². The van der Waals surface area contributed by atoms with Crippen LogP contribution in [0.2, 0.25) is 0 Å². The number of halogens is 1. The summed E-state index contributed by atoms with van der Waals surface area (Å²) < 4.78 is 21.5. The van der Waals surface area contributed by atoms with Crippen LogP contribution in [0.15, 0.2) is 41.8 Å². The number of anilines is 1. The van der Waals surface area contributed by atoms with Crippen molar-refractivity contribution in [1.82, 2.24) is 9.88 Å². The van der Waals surface area contributed by atoms with Crippen molar-refractivity contribution < 1.29 is 23.6 Å². The summed E-state index contributed by atoms with van der Waals surface area (Å²) in [5.74, 6) is -0.693. The Labute approximate surface area is 161 Å². The molecule has 0 aliphatic carbocycles. The van der Waals surface area contributed by atoms with E-state index in [1.54, 1.807) is 41.4 Å². The van der Waals surface area contributed by atoms with Gasteiger partial charge >= 0.3 is 6.09 Å². The molecule has 9 heteroatoms. The van der Waals surface area contributed by atoms with E-state index in [2.05, 4.69) is 10.5 Å². The summed E-state index contributed by atoms with van der Waals surface area (Å²) in [4.78, 5) is 29.3. The molecule has 1 fully saturated rings. The molecule has 2 amide bonds. The average molecular weight is 388 g/mol.